The molecule has 0 bridgehead atoms. The second kappa shape index (κ2) is 8.03. The second-order valence-electron chi connectivity index (χ2n) is 6.16. The van der Waals surface area contributed by atoms with Crippen molar-refractivity contribution < 1.29 is 4.79 Å². The molecular weight excluding hydrogens is 330 g/mol. The summed E-state index contributed by atoms with van der Waals surface area (Å²) in [5.74, 6) is 0.0990. The minimum Gasteiger partial charge on any atom is -0.336 e. The van der Waals surface area contributed by atoms with Crippen molar-refractivity contribution in [3.8, 4) is 10.6 Å². The lowest BCUT2D eigenvalue weighted by atomic mass is 10.1. The van der Waals surface area contributed by atoms with Crippen LogP contribution in [0.25, 0.3) is 10.6 Å². The lowest BCUT2D eigenvalue weighted by Gasteiger charge is -2.26. The number of pyridine rings is 1. The quantitative estimate of drug-likeness (QED) is 0.669. The number of carbonyl (C=O) groups is 1. The van der Waals surface area contributed by atoms with Crippen LogP contribution in [0.2, 0.25) is 0 Å². The third kappa shape index (κ3) is 4.51. The molecule has 2 aromatic heterocycles. The Bertz CT molecular complexity index is 815. The topological polar surface area (TPSA) is 46.1 Å². The molecule has 3 aromatic rings. The fourth-order valence-electron chi connectivity index (χ4n) is 2.61. The zero-order valence-electron chi connectivity index (χ0n) is 14.4. The summed E-state index contributed by atoms with van der Waals surface area (Å²) in [7, 11) is 0. The van der Waals surface area contributed by atoms with Crippen LogP contribution in [0, 0.1) is 0 Å². The largest absolute Gasteiger partial charge is 0.336 e. The molecule has 0 radical (unpaired) electrons. The molecular formula is C20H21N3OS. The van der Waals surface area contributed by atoms with Gasteiger partial charge in [-0.25, -0.2) is 4.98 Å². The number of hydrogen-bond acceptors (Lipinski definition) is 4. The first-order chi connectivity index (χ1) is 12.1. The SMILES string of the molecule is CC(C)N(Cc1ccccc1)C(=O)Cc1csc(-c2cccnc2)n1. The van der Waals surface area contributed by atoms with Crippen molar-refractivity contribution in [3.05, 3.63) is 71.5 Å². The van der Waals surface area contributed by atoms with Crippen molar-refractivity contribution in [2.24, 2.45) is 0 Å². The van der Waals surface area contributed by atoms with E-state index in [4.69, 9.17) is 0 Å². The van der Waals surface area contributed by atoms with E-state index in [1.165, 1.54) is 0 Å². The third-order valence-corrected chi connectivity index (χ3v) is 4.87. The molecule has 1 amide bonds. The molecule has 128 valence electrons. The molecule has 0 fully saturated rings. The highest BCUT2D eigenvalue weighted by molar-refractivity contribution is 7.13. The van der Waals surface area contributed by atoms with Crippen LogP contribution in [0.4, 0.5) is 0 Å². The average Bonchev–Trinajstić information content (AvgIpc) is 3.09. The van der Waals surface area contributed by atoms with Crippen LogP contribution >= 0.6 is 11.3 Å². The Morgan fingerprint density at radius 1 is 1.16 bits per heavy atom. The van der Waals surface area contributed by atoms with Gasteiger partial charge < -0.3 is 4.90 Å². The summed E-state index contributed by atoms with van der Waals surface area (Å²) in [6.07, 6.45) is 3.85. The summed E-state index contributed by atoms with van der Waals surface area (Å²) in [6, 6.07) is 14.1. The fourth-order valence-corrected chi connectivity index (χ4v) is 3.42. The van der Waals surface area contributed by atoms with Gasteiger partial charge in [-0.1, -0.05) is 30.3 Å². The first-order valence-electron chi connectivity index (χ1n) is 8.31. The molecule has 4 nitrogen and oxygen atoms in total. The predicted octanol–water partition coefficient (Wildman–Crippen LogP) is 4.18. The molecule has 5 heteroatoms. The van der Waals surface area contributed by atoms with E-state index in [0.29, 0.717) is 13.0 Å². The minimum atomic E-state index is 0.0990. The van der Waals surface area contributed by atoms with Gasteiger partial charge in [-0.05, 0) is 31.5 Å². The van der Waals surface area contributed by atoms with Gasteiger partial charge in [-0.2, -0.15) is 0 Å². The number of hydrogen-bond donors (Lipinski definition) is 0. The van der Waals surface area contributed by atoms with Crippen molar-refractivity contribution in [1.82, 2.24) is 14.9 Å². The molecule has 0 spiro atoms. The summed E-state index contributed by atoms with van der Waals surface area (Å²) < 4.78 is 0. The van der Waals surface area contributed by atoms with E-state index >= 15 is 0 Å². The predicted molar refractivity (Wildman–Crippen MR) is 101 cm³/mol. The highest BCUT2D eigenvalue weighted by Crippen LogP contribution is 2.23. The van der Waals surface area contributed by atoms with Crippen LogP contribution in [0.3, 0.4) is 0 Å². The van der Waals surface area contributed by atoms with Crippen LogP contribution in [-0.4, -0.2) is 26.8 Å². The number of nitrogens with zero attached hydrogens (tertiary/aromatic N) is 3. The molecule has 0 aliphatic carbocycles. The van der Waals surface area contributed by atoms with Gasteiger partial charge in [0.15, 0.2) is 0 Å². The van der Waals surface area contributed by atoms with E-state index in [1.807, 2.05) is 66.6 Å². The van der Waals surface area contributed by atoms with Gasteiger partial charge in [-0.3, -0.25) is 9.78 Å². The van der Waals surface area contributed by atoms with Gasteiger partial charge in [0.1, 0.15) is 5.01 Å². The molecule has 0 aliphatic rings. The van der Waals surface area contributed by atoms with E-state index in [9.17, 15) is 4.79 Å². The van der Waals surface area contributed by atoms with Crippen LogP contribution in [0.5, 0.6) is 0 Å². The second-order valence-corrected chi connectivity index (χ2v) is 7.02. The Hall–Kier alpha value is -2.53. The first kappa shape index (κ1) is 17.3. The van der Waals surface area contributed by atoms with E-state index in [0.717, 1.165) is 21.8 Å². The smallest absolute Gasteiger partial charge is 0.229 e. The zero-order chi connectivity index (χ0) is 17.6. The molecule has 3 rings (SSSR count). The summed E-state index contributed by atoms with van der Waals surface area (Å²) >= 11 is 1.55. The standard InChI is InChI=1S/C20H21N3OS/c1-15(2)23(13-16-7-4-3-5-8-16)19(24)11-18-14-25-20(22-18)17-9-6-10-21-12-17/h3-10,12,14-15H,11,13H2,1-2H3. The van der Waals surface area contributed by atoms with Crippen molar-refractivity contribution in [2.45, 2.75) is 32.9 Å². The number of carbonyl (C=O) groups excluding carboxylic acids is 1. The third-order valence-electron chi connectivity index (χ3n) is 3.93. The van der Waals surface area contributed by atoms with Crippen molar-refractivity contribution in [2.75, 3.05) is 0 Å². The maximum absolute atomic E-state index is 12.8. The van der Waals surface area contributed by atoms with E-state index in [1.54, 1.807) is 23.7 Å². The molecule has 2 heterocycles. The molecule has 25 heavy (non-hydrogen) atoms. The summed E-state index contributed by atoms with van der Waals surface area (Å²) in [6.45, 7) is 4.71. The zero-order valence-corrected chi connectivity index (χ0v) is 15.2. The van der Waals surface area contributed by atoms with Crippen LogP contribution < -0.4 is 0 Å². The summed E-state index contributed by atoms with van der Waals surface area (Å²) in [5.41, 5.74) is 2.93. The lowest BCUT2D eigenvalue weighted by Crippen LogP contribution is -2.37. The normalized spacial score (nSPS) is 10.8. The number of rotatable bonds is 6. The first-order valence-corrected chi connectivity index (χ1v) is 9.19. The Labute approximate surface area is 152 Å². The maximum atomic E-state index is 12.8. The molecule has 0 atom stereocenters. The Balaban J connectivity index is 1.70. The van der Waals surface area contributed by atoms with Gasteiger partial charge in [0.05, 0.1) is 12.1 Å². The van der Waals surface area contributed by atoms with E-state index in [2.05, 4.69) is 9.97 Å². The molecule has 0 aliphatic heterocycles. The van der Waals surface area contributed by atoms with Gasteiger partial charge in [-0.15, -0.1) is 11.3 Å². The minimum absolute atomic E-state index is 0.0990. The monoisotopic (exact) mass is 351 g/mol. The lowest BCUT2D eigenvalue weighted by molar-refractivity contribution is -0.132. The Morgan fingerprint density at radius 3 is 2.64 bits per heavy atom. The summed E-state index contributed by atoms with van der Waals surface area (Å²) in [4.78, 5) is 23.4. The van der Waals surface area contributed by atoms with Crippen LogP contribution in [0.15, 0.2) is 60.2 Å². The van der Waals surface area contributed by atoms with Gasteiger partial charge >= 0.3 is 0 Å². The van der Waals surface area contributed by atoms with Gasteiger partial charge in [0.2, 0.25) is 5.91 Å². The van der Waals surface area contributed by atoms with Crippen molar-refractivity contribution >= 4 is 17.2 Å². The highest BCUT2D eigenvalue weighted by Gasteiger charge is 2.19. The molecule has 1 aromatic carbocycles. The number of amides is 1. The molecule has 0 N–H and O–H groups in total. The maximum Gasteiger partial charge on any atom is 0.229 e. The van der Waals surface area contributed by atoms with Crippen molar-refractivity contribution in [1.29, 1.82) is 0 Å². The number of aromatic nitrogens is 2. The Kier molecular flexibility index (Phi) is 5.56. The van der Waals surface area contributed by atoms with Gasteiger partial charge in [0, 0.05) is 35.9 Å². The van der Waals surface area contributed by atoms with E-state index < -0.39 is 0 Å². The van der Waals surface area contributed by atoms with E-state index in [-0.39, 0.29) is 11.9 Å². The number of thiazole rings is 1. The highest BCUT2D eigenvalue weighted by atomic mass is 32.1. The average molecular weight is 351 g/mol. The van der Waals surface area contributed by atoms with Crippen LogP contribution in [-0.2, 0) is 17.8 Å². The molecule has 0 saturated heterocycles. The fraction of sp³-hybridized carbons (Fsp3) is 0.250. The van der Waals surface area contributed by atoms with Crippen molar-refractivity contribution in [3.63, 3.8) is 0 Å². The van der Waals surface area contributed by atoms with Gasteiger partial charge in [0.25, 0.3) is 0 Å². The number of benzene rings is 1. The van der Waals surface area contributed by atoms with Crippen LogP contribution in [0.1, 0.15) is 25.1 Å². The summed E-state index contributed by atoms with van der Waals surface area (Å²) in [5, 5.41) is 2.86. The Morgan fingerprint density at radius 2 is 1.96 bits per heavy atom. The molecule has 0 unspecified atom stereocenters. The molecule has 0 saturated carbocycles.